The maximum absolute atomic E-state index is 15.6. The Kier molecular flexibility index (Phi) is 8.82. The Morgan fingerprint density at radius 2 is 1.89 bits per heavy atom. The first kappa shape index (κ1) is 30.4. The van der Waals surface area contributed by atoms with Crippen molar-refractivity contribution in [3.8, 4) is 0 Å². The number of Topliss-reactive ketones (excluding diaryl/α,β-unsaturated/α-hetero) is 1. The summed E-state index contributed by atoms with van der Waals surface area (Å²) in [4.78, 5) is 45.1. The number of amides is 1. The van der Waals surface area contributed by atoms with Gasteiger partial charge in [0.15, 0.2) is 0 Å². The summed E-state index contributed by atoms with van der Waals surface area (Å²) >= 11 is 7.99. The predicted molar refractivity (Wildman–Crippen MR) is 165 cm³/mol. The number of imidazole rings is 1. The number of hydrogen-bond acceptors (Lipinski definition) is 7. The second-order valence-electron chi connectivity index (χ2n) is 11.3. The van der Waals surface area contributed by atoms with Crippen LogP contribution < -0.4 is 5.32 Å². The van der Waals surface area contributed by atoms with E-state index in [1.165, 1.54) is 23.7 Å². The molecule has 2 aliphatic rings. The fourth-order valence-corrected chi connectivity index (χ4v) is 7.43. The third-order valence-corrected chi connectivity index (χ3v) is 9.84. The number of aliphatic carboxylic acids is 1. The Bertz CT molecular complexity index is 1680. The lowest BCUT2D eigenvalue weighted by Crippen LogP contribution is -2.59. The molecule has 1 aliphatic carbocycles. The number of halogens is 2. The van der Waals surface area contributed by atoms with E-state index in [0.717, 1.165) is 29.0 Å². The number of carboxylic acids is 1. The molecule has 2 fully saturated rings. The van der Waals surface area contributed by atoms with Crippen LogP contribution in [0.3, 0.4) is 0 Å². The average molecular weight is 639 g/mol. The summed E-state index contributed by atoms with van der Waals surface area (Å²) in [6, 6.07) is 10.0. The van der Waals surface area contributed by atoms with Gasteiger partial charge in [0.25, 0.3) is 11.8 Å². The van der Waals surface area contributed by atoms with Gasteiger partial charge < -0.3 is 15.2 Å². The van der Waals surface area contributed by atoms with Gasteiger partial charge in [0.05, 0.1) is 34.6 Å². The normalized spacial score (nSPS) is 20.4. The number of hydrogen-bond donors (Lipinski definition) is 2. The molecule has 4 aromatic rings. The number of carboxylic acid groups (broad SMARTS) is 1. The van der Waals surface area contributed by atoms with Gasteiger partial charge in [0.1, 0.15) is 5.82 Å². The zero-order valence-electron chi connectivity index (χ0n) is 23.9. The van der Waals surface area contributed by atoms with Gasteiger partial charge in [-0.15, -0.1) is 11.3 Å². The van der Waals surface area contributed by atoms with Gasteiger partial charge in [-0.25, -0.2) is 9.37 Å². The smallest absolute Gasteiger partial charge is 0.306 e. The van der Waals surface area contributed by atoms with Crippen molar-refractivity contribution in [3.63, 3.8) is 0 Å². The van der Waals surface area contributed by atoms with Crippen LogP contribution in [0.25, 0.3) is 10.1 Å². The molecule has 1 amide bonds. The summed E-state index contributed by atoms with van der Waals surface area (Å²) in [7, 11) is 0. The van der Waals surface area contributed by atoms with Crippen molar-refractivity contribution < 1.29 is 28.6 Å². The zero-order valence-corrected chi connectivity index (χ0v) is 25.5. The van der Waals surface area contributed by atoms with Gasteiger partial charge in [-0.2, -0.15) is 0 Å². The van der Waals surface area contributed by atoms with E-state index in [9.17, 15) is 19.5 Å². The minimum absolute atomic E-state index is 0.0702. The minimum atomic E-state index is -1.58. The number of fused-ring (bicyclic) bond motifs is 1. The van der Waals surface area contributed by atoms with Gasteiger partial charge in [-0.1, -0.05) is 29.8 Å². The number of anilines is 1. The minimum Gasteiger partial charge on any atom is -0.481 e. The lowest BCUT2D eigenvalue weighted by molar-refractivity contribution is -0.233. The molecule has 3 heterocycles. The molecule has 6 rings (SSSR count). The van der Waals surface area contributed by atoms with Crippen LogP contribution in [0.5, 0.6) is 0 Å². The molecule has 1 atom stereocenters. The molecule has 0 spiro atoms. The number of likely N-dealkylation sites (tertiary alicyclic amines) is 1. The van der Waals surface area contributed by atoms with E-state index in [-0.39, 0.29) is 28.8 Å². The molecule has 2 aromatic carbocycles. The van der Waals surface area contributed by atoms with E-state index in [2.05, 4.69) is 10.3 Å². The van der Waals surface area contributed by atoms with Crippen LogP contribution in [0.2, 0.25) is 5.02 Å². The fraction of sp³-hybridized carbons (Fsp3) is 0.375. The second-order valence-corrected chi connectivity index (χ2v) is 12.6. The van der Waals surface area contributed by atoms with Crippen molar-refractivity contribution in [2.75, 3.05) is 18.4 Å². The highest BCUT2D eigenvalue weighted by molar-refractivity contribution is 7.17. The van der Waals surface area contributed by atoms with Gasteiger partial charge in [-0.05, 0) is 62.3 Å². The van der Waals surface area contributed by atoms with Crippen LogP contribution in [0.15, 0.2) is 60.5 Å². The first-order chi connectivity index (χ1) is 21.3. The lowest BCUT2D eigenvalue weighted by atomic mass is 9.87. The number of rotatable bonds is 10. The van der Waals surface area contributed by atoms with Crippen molar-refractivity contribution >= 4 is 56.4 Å². The van der Waals surface area contributed by atoms with Crippen LogP contribution in [-0.2, 0) is 26.6 Å². The Balaban J connectivity index is 1.27. The molecule has 230 valence electrons. The van der Waals surface area contributed by atoms with Gasteiger partial charge in [-0.3, -0.25) is 23.9 Å². The van der Waals surface area contributed by atoms with Crippen LogP contribution >= 0.6 is 22.9 Å². The summed E-state index contributed by atoms with van der Waals surface area (Å²) in [6.45, 7) is 1.19. The summed E-state index contributed by atoms with van der Waals surface area (Å²) in [5.41, 5.74) is 0.639. The van der Waals surface area contributed by atoms with Crippen molar-refractivity contribution in [1.82, 2.24) is 14.5 Å². The van der Waals surface area contributed by atoms with E-state index in [1.807, 2.05) is 29.2 Å². The molecule has 2 aromatic heterocycles. The number of aromatic nitrogens is 2. The molecule has 1 saturated carbocycles. The first-order valence-electron chi connectivity index (χ1n) is 14.7. The van der Waals surface area contributed by atoms with Crippen LogP contribution in [0.4, 0.5) is 10.1 Å². The highest BCUT2D eigenvalue weighted by Crippen LogP contribution is 2.37. The predicted octanol–water partition coefficient (Wildman–Crippen LogP) is 6.32. The Morgan fingerprint density at radius 3 is 2.59 bits per heavy atom. The molecule has 9 nitrogen and oxygen atoms in total. The number of ether oxygens (including phenoxy) is 1. The second kappa shape index (κ2) is 12.8. The standard InChI is InChI=1S/C32H32ClFN4O5S/c33-25-15-21(26(34)17-27(25)36-30(40)24-18-44-28-6-2-1-5-23(24)28)16-29(39)32(37-12-3-4-13-37,38-14-11-35-19-38)43-22-9-7-20(8-10-22)31(41)42/h1-2,5-6,11,14-15,17-20,22H,3-4,7-10,12-13,16H2,(H,36,40)(H,41,42). The van der Waals surface area contributed by atoms with Gasteiger partial charge in [0, 0.05) is 47.4 Å². The number of thiophene rings is 1. The number of carbonyl (C=O) groups is 3. The van der Waals surface area contributed by atoms with Gasteiger partial charge in [0.2, 0.25) is 5.78 Å². The average Bonchev–Trinajstić information content (AvgIpc) is 3.81. The van der Waals surface area contributed by atoms with Crippen LogP contribution in [0, 0.1) is 11.7 Å². The summed E-state index contributed by atoms with van der Waals surface area (Å²) in [5.74, 6) is -4.33. The maximum atomic E-state index is 15.6. The molecule has 12 heteroatoms. The van der Waals surface area contributed by atoms with E-state index in [0.29, 0.717) is 44.3 Å². The van der Waals surface area contributed by atoms with E-state index in [4.69, 9.17) is 16.3 Å². The van der Waals surface area contributed by atoms with Crippen LogP contribution in [0.1, 0.15) is 54.4 Å². The first-order valence-corrected chi connectivity index (χ1v) is 15.9. The van der Waals surface area contributed by atoms with Crippen molar-refractivity contribution in [1.29, 1.82) is 0 Å². The highest BCUT2D eigenvalue weighted by Gasteiger charge is 2.50. The monoisotopic (exact) mass is 638 g/mol. The summed E-state index contributed by atoms with van der Waals surface area (Å²) < 4.78 is 24.9. The number of nitrogens with one attached hydrogen (secondary N) is 1. The van der Waals surface area contributed by atoms with Gasteiger partial charge >= 0.3 is 5.97 Å². The molecule has 2 N–H and O–H groups in total. The number of nitrogens with zero attached hydrogens (tertiary/aromatic N) is 3. The largest absolute Gasteiger partial charge is 0.481 e. The Hall–Kier alpha value is -3.64. The Labute approximate surface area is 262 Å². The van der Waals surface area contributed by atoms with E-state index < -0.39 is 35.2 Å². The number of ketones is 1. The molecular formula is C32H32ClFN4O5S. The third-order valence-electron chi connectivity index (χ3n) is 8.57. The van der Waals surface area contributed by atoms with Crippen molar-refractivity contribution in [3.05, 3.63) is 82.5 Å². The number of benzene rings is 2. The third kappa shape index (κ3) is 5.89. The molecular weight excluding hydrogens is 607 g/mol. The van der Waals surface area contributed by atoms with Crippen molar-refractivity contribution in [2.45, 2.75) is 56.9 Å². The molecule has 1 saturated heterocycles. The molecule has 1 aliphatic heterocycles. The van der Waals surface area contributed by atoms with Crippen molar-refractivity contribution in [2.24, 2.45) is 5.92 Å². The van der Waals surface area contributed by atoms with E-state index in [1.54, 1.807) is 22.3 Å². The molecule has 0 radical (unpaired) electrons. The molecule has 1 unspecified atom stereocenters. The van der Waals surface area contributed by atoms with Crippen LogP contribution in [-0.4, -0.2) is 56.4 Å². The highest BCUT2D eigenvalue weighted by atomic mass is 35.5. The van der Waals surface area contributed by atoms with E-state index >= 15 is 4.39 Å². The Morgan fingerprint density at radius 1 is 1.14 bits per heavy atom. The quantitative estimate of drug-likeness (QED) is 0.209. The maximum Gasteiger partial charge on any atom is 0.306 e. The SMILES string of the molecule is O=C(Nc1cc(F)c(CC(=O)C(OC2CCC(C(=O)O)CC2)(N2CCCC2)n2ccnc2)cc1Cl)c1csc2ccccc12. The fourth-order valence-electron chi connectivity index (χ4n) is 6.25. The summed E-state index contributed by atoms with van der Waals surface area (Å²) in [6.07, 6.45) is 7.67. The zero-order chi connectivity index (χ0) is 30.8. The lowest BCUT2D eigenvalue weighted by Gasteiger charge is -2.44. The molecule has 0 bridgehead atoms. The molecule has 44 heavy (non-hydrogen) atoms. The summed E-state index contributed by atoms with van der Waals surface area (Å²) in [5, 5.41) is 14.8. The topological polar surface area (TPSA) is 114 Å². The number of carbonyl (C=O) groups excluding carboxylic acids is 2.